The Morgan fingerprint density at radius 3 is 2.50 bits per heavy atom. The van der Waals surface area contributed by atoms with Gasteiger partial charge in [0.2, 0.25) is 0 Å². The van der Waals surface area contributed by atoms with Crippen molar-refractivity contribution in [2.45, 2.75) is 19.5 Å². The van der Waals surface area contributed by atoms with E-state index in [0.717, 1.165) is 17.9 Å². The van der Waals surface area contributed by atoms with Crippen molar-refractivity contribution >= 4 is 5.69 Å². The maximum Gasteiger partial charge on any atom is 0.0606 e. The van der Waals surface area contributed by atoms with Crippen LogP contribution in [0.15, 0.2) is 48.7 Å². The number of pyridine rings is 1. The highest BCUT2D eigenvalue weighted by Gasteiger charge is 2.08. The lowest BCUT2D eigenvalue weighted by Gasteiger charge is -2.24. The van der Waals surface area contributed by atoms with Crippen molar-refractivity contribution < 1.29 is 5.11 Å². The van der Waals surface area contributed by atoms with Crippen LogP contribution in [0.3, 0.4) is 0 Å². The van der Waals surface area contributed by atoms with E-state index in [1.165, 1.54) is 5.56 Å². The van der Waals surface area contributed by atoms with Gasteiger partial charge in [-0.05, 0) is 24.6 Å². The number of hydrogen-bond donors (Lipinski definition) is 2. The monoisotopic (exact) mass is 271 g/mol. The predicted octanol–water partition coefficient (Wildman–Crippen LogP) is 2.10. The minimum atomic E-state index is -0.0653. The molecule has 0 saturated heterocycles. The normalized spacial score (nSPS) is 12.2. The average Bonchev–Trinajstić information content (AvgIpc) is 2.48. The number of anilines is 1. The fourth-order valence-electron chi connectivity index (χ4n) is 2.08. The van der Waals surface area contributed by atoms with Crippen LogP contribution in [-0.2, 0) is 6.54 Å². The molecule has 0 aliphatic rings. The summed E-state index contributed by atoms with van der Waals surface area (Å²) in [5, 5.41) is 9.24. The van der Waals surface area contributed by atoms with E-state index >= 15 is 0 Å². The molecule has 0 fully saturated rings. The van der Waals surface area contributed by atoms with Crippen molar-refractivity contribution in [3.63, 3.8) is 0 Å². The van der Waals surface area contributed by atoms with Crippen LogP contribution in [0.25, 0.3) is 0 Å². The van der Waals surface area contributed by atoms with Crippen molar-refractivity contribution in [1.29, 1.82) is 0 Å². The lowest BCUT2D eigenvalue weighted by atomic mass is 10.2. The summed E-state index contributed by atoms with van der Waals surface area (Å²) in [4.78, 5) is 6.48. The molecule has 20 heavy (non-hydrogen) atoms. The van der Waals surface area contributed by atoms with Crippen molar-refractivity contribution in [2.24, 2.45) is 5.73 Å². The largest absolute Gasteiger partial charge is 0.395 e. The van der Waals surface area contributed by atoms with Gasteiger partial charge in [-0.3, -0.25) is 4.98 Å². The standard InChI is InChI=1S/C16H21N3O/c1-13(17)16-8-7-15(11-18-16)19(9-10-20)12-14-5-3-2-4-6-14/h2-8,11,13,20H,9-10,12,17H2,1H3/t13-/m0/s1. The highest BCUT2D eigenvalue weighted by Crippen LogP contribution is 2.17. The Morgan fingerprint density at radius 2 is 1.95 bits per heavy atom. The smallest absolute Gasteiger partial charge is 0.0606 e. The molecule has 106 valence electrons. The molecule has 4 heteroatoms. The molecule has 0 unspecified atom stereocenters. The summed E-state index contributed by atoms with van der Waals surface area (Å²) < 4.78 is 0. The van der Waals surface area contributed by atoms with E-state index in [0.29, 0.717) is 6.54 Å². The van der Waals surface area contributed by atoms with Crippen LogP contribution in [0.1, 0.15) is 24.2 Å². The zero-order valence-electron chi connectivity index (χ0n) is 11.7. The summed E-state index contributed by atoms with van der Waals surface area (Å²) in [6.07, 6.45) is 1.82. The van der Waals surface area contributed by atoms with E-state index < -0.39 is 0 Å². The minimum Gasteiger partial charge on any atom is -0.395 e. The van der Waals surface area contributed by atoms with E-state index in [9.17, 15) is 5.11 Å². The molecule has 2 rings (SSSR count). The fourth-order valence-corrected chi connectivity index (χ4v) is 2.08. The molecule has 0 aliphatic carbocycles. The first-order valence-electron chi connectivity index (χ1n) is 6.82. The molecule has 0 amide bonds. The highest BCUT2D eigenvalue weighted by atomic mass is 16.3. The Balaban J connectivity index is 2.15. The molecule has 1 heterocycles. The van der Waals surface area contributed by atoms with Gasteiger partial charge in [0, 0.05) is 19.1 Å². The number of aromatic nitrogens is 1. The van der Waals surface area contributed by atoms with Crippen molar-refractivity contribution in [3.05, 3.63) is 59.9 Å². The van der Waals surface area contributed by atoms with E-state index in [2.05, 4.69) is 22.0 Å². The molecule has 0 spiro atoms. The Kier molecular flexibility index (Phi) is 5.09. The topological polar surface area (TPSA) is 62.4 Å². The van der Waals surface area contributed by atoms with E-state index in [1.54, 1.807) is 0 Å². The van der Waals surface area contributed by atoms with Crippen LogP contribution < -0.4 is 10.6 Å². The Labute approximate surface area is 119 Å². The number of hydrogen-bond acceptors (Lipinski definition) is 4. The van der Waals surface area contributed by atoms with Gasteiger partial charge in [0.1, 0.15) is 0 Å². The Morgan fingerprint density at radius 1 is 1.20 bits per heavy atom. The second-order valence-corrected chi connectivity index (χ2v) is 4.86. The van der Waals surface area contributed by atoms with Crippen LogP contribution in [0.4, 0.5) is 5.69 Å². The first kappa shape index (κ1) is 14.5. The number of aliphatic hydroxyl groups is 1. The lowest BCUT2D eigenvalue weighted by Crippen LogP contribution is -2.26. The number of rotatable bonds is 6. The second-order valence-electron chi connectivity index (χ2n) is 4.86. The third-order valence-electron chi connectivity index (χ3n) is 3.19. The molecule has 0 aliphatic heterocycles. The third-order valence-corrected chi connectivity index (χ3v) is 3.19. The number of aliphatic hydroxyl groups excluding tert-OH is 1. The summed E-state index contributed by atoms with van der Waals surface area (Å²) >= 11 is 0. The molecule has 0 radical (unpaired) electrons. The molecular weight excluding hydrogens is 250 g/mol. The Bertz CT molecular complexity index is 511. The van der Waals surface area contributed by atoms with E-state index in [-0.39, 0.29) is 12.6 Å². The molecule has 1 atom stereocenters. The van der Waals surface area contributed by atoms with Crippen LogP contribution >= 0.6 is 0 Å². The zero-order valence-corrected chi connectivity index (χ0v) is 11.7. The summed E-state index contributed by atoms with van der Waals surface area (Å²) in [6, 6.07) is 14.1. The predicted molar refractivity (Wildman–Crippen MR) is 81.4 cm³/mol. The van der Waals surface area contributed by atoms with E-state index in [4.69, 9.17) is 5.73 Å². The lowest BCUT2D eigenvalue weighted by molar-refractivity contribution is 0.301. The SMILES string of the molecule is C[C@H](N)c1ccc(N(CCO)Cc2ccccc2)cn1. The van der Waals surface area contributed by atoms with Gasteiger partial charge in [-0.2, -0.15) is 0 Å². The van der Waals surface area contributed by atoms with E-state index in [1.807, 2.05) is 43.5 Å². The van der Waals surface area contributed by atoms with Crippen LogP contribution in [0.2, 0.25) is 0 Å². The van der Waals surface area contributed by atoms with Gasteiger partial charge in [-0.1, -0.05) is 30.3 Å². The Hall–Kier alpha value is -1.91. The van der Waals surface area contributed by atoms with Gasteiger partial charge in [0.15, 0.2) is 0 Å². The quantitative estimate of drug-likeness (QED) is 0.844. The number of benzene rings is 1. The van der Waals surface area contributed by atoms with Crippen molar-refractivity contribution in [3.8, 4) is 0 Å². The summed E-state index contributed by atoms with van der Waals surface area (Å²) in [5.74, 6) is 0. The molecule has 0 bridgehead atoms. The van der Waals surface area contributed by atoms with Gasteiger partial charge in [-0.25, -0.2) is 0 Å². The molecule has 0 saturated carbocycles. The maximum absolute atomic E-state index is 9.24. The molecule has 3 N–H and O–H groups in total. The second kappa shape index (κ2) is 7.03. The van der Waals surface area contributed by atoms with Gasteiger partial charge < -0.3 is 15.7 Å². The fraction of sp³-hybridized carbons (Fsp3) is 0.312. The molecule has 1 aromatic carbocycles. The van der Waals surface area contributed by atoms with Crippen LogP contribution in [-0.4, -0.2) is 23.2 Å². The number of nitrogens with two attached hydrogens (primary N) is 1. The molecule has 4 nitrogen and oxygen atoms in total. The van der Waals surface area contributed by atoms with Crippen molar-refractivity contribution in [2.75, 3.05) is 18.1 Å². The van der Waals surface area contributed by atoms with Gasteiger partial charge in [0.25, 0.3) is 0 Å². The zero-order chi connectivity index (χ0) is 14.4. The summed E-state index contributed by atoms with van der Waals surface area (Å²) in [6.45, 7) is 3.36. The summed E-state index contributed by atoms with van der Waals surface area (Å²) in [5.41, 5.74) is 8.88. The van der Waals surface area contributed by atoms with Crippen molar-refractivity contribution in [1.82, 2.24) is 4.98 Å². The first-order valence-corrected chi connectivity index (χ1v) is 6.82. The average molecular weight is 271 g/mol. The molecule has 2 aromatic rings. The van der Waals surface area contributed by atoms with Crippen LogP contribution in [0.5, 0.6) is 0 Å². The van der Waals surface area contributed by atoms with Gasteiger partial charge in [0.05, 0.1) is 24.2 Å². The highest BCUT2D eigenvalue weighted by molar-refractivity contribution is 5.45. The number of nitrogens with zero attached hydrogens (tertiary/aromatic N) is 2. The minimum absolute atomic E-state index is 0.0653. The first-order chi connectivity index (χ1) is 9.70. The van der Waals surface area contributed by atoms with Crippen LogP contribution in [0, 0.1) is 0 Å². The van der Waals surface area contributed by atoms with Gasteiger partial charge in [-0.15, -0.1) is 0 Å². The molecule has 1 aromatic heterocycles. The third kappa shape index (κ3) is 3.79. The van der Waals surface area contributed by atoms with Gasteiger partial charge >= 0.3 is 0 Å². The summed E-state index contributed by atoms with van der Waals surface area (Å²) in [7, 11) is 0. The maximum atomic E-state index is 9.24. The molecular formula is C16H21N3O.